The molecule has 0 saturated heterocycles. The molecule has 0 aromatic rings. The molecule has 1 atom stereocenters. The summed E-state index contributed by atoms with van der Waals surface area (Å²) < 4.78 is 0. The summed E-state index contributed by atoms with van der Waals surface area (Å²) in [4.78, 5) is 22.4. The van der Waals surface area contributed by atoms with Gasteiger partial charge in [-0.3, -0.25) is 0 Å². The average Bonchev–Trinajstić information content (AvgIpc) is 2.09. The lowest BCUT2D eigenvalue weighted by atomic mass is 9.93. The highest BCUT2D eigenvalue weighted by atomic mass is 16.4. The van der Waals surface area contributed by atoms with Crippen LogP contribution in [-0.2, 0) is 4.79 Å². The van der Waals surface area contributed by atoms with E-state index in [1.54, 1.807) is 0 Å². The minimum absolute atomic E-state index is 0.230. The molecular formula is C11H20N2O3. The standard InChI is InChI=1S/C11H20N2O3/c1-7(2)6-9(10(14)15)13-11(16)12-8-4-3-5-8/h7-9H,3-6H2,1-2H3,(H,14,15)(H2,12,13,16)/t9-/m1/s1. The minimum Gasteiger partial charge on any atom is -0.480 e. The summed E-state index contributed by atoms with van der Waals surface area (Å²) in [6, 6.07) is -0.925. The molecule has 92 valence electrons. The number of nitrogens with one attached hydrogen (secondary N) is 2. The highest BCUT2D eigenvalue weighted by molar-refractivity contribution is 5.82. The van der Waals surface area contributed by atoms with Crippen molar-refractivity contribution in [1.29, 1.82) is 0 Å². The van der Waals surface area contributed by atoms with E-state index >= 15 is 0 Å². The normalized spacial score (nSPS) is 17.7. The highest BCUT2D eigenvalue weighted by Crippen LogP contribution is 2.17. The zero-order valence-corrected chi connectivity index (χ0v) is 9.82. The van der Waals surface area contributed by atoms with Crippen LogP contribution >= 0.6 is 0 Å². The second kappa shape index (κ2) is 5.72. The van der Waals surface area contributed by atoms with E-state index in [1.165, 1.54) is 0 Å². The molecule has 0 radical (unpaired) electrons. The molecular weight excluding hydrogens is 208 g/mol. The molecule has 0 aliphatic heterocycles. The Balaban J connectivity index is 2.34. The molecule has 0 aromatic heterocycles. The Labute approximate surface area is 95.6 Å². The van der Waals surface area contributed by atoms with Gasteiger partial charge in [-0.05, 0) is 31.6 Å². The van der Waals surface area contributed by atoms with Gasteiger partial charge >= 0.3 is 12.0 Å². The summed E-state index contributed by atoms with van der Waals surface area (Å²) >= 11 is 0. The van der Waals surface area contributed by atoms with Crippen molar-refractivity contribution in [3.8, 4) is 0 Å². The van der Waals surface area contributed by atoms with Gasteiger partial charge in [-0.1, -0.05) is 13.8 Å². The molecule has 1 aliphatic carbocycles. The molecule has 0 bridgehead atoms. The van der Waals surface area contributed by atoms with Gasteiger partial charge < -0.3 is 15.7 Å². The van der Waals surface area contributed by atoms with Crippen molar-refractivity contribution >= 4 is 12.0 Å². The van der Waals surface area contributed by atoms with E-state index in [2.05, 4.69) is 10.6 Å². The molecule has 2 amide bonds. The van der Waals surface area contributed by atoms with Crippen LogP contribution in [0.25, 0.3) is 0 Å². The summed E-state index contributed by atoms with van der Waals surface area (Å²) in [6.07, 6.45) is 3.58. The molecule has 3 N–H and O–H groups in total. The van der Waals surface area contributed by atoms with E-state index in [0.717, 1.165) is 19.3 Å². The molecule has 1 fully saturated rings. The number of rotatable bonds is 5. The third-order valence-corrected chi connectivity index (χ3v) is 2.75. The lowest BCUT2D eigenvalue weighted by molar-refractivity contribution is -0.139. The summed E-state index contributed by atoms with van der Waals surface area (Å²) in [7, 11) is 0. The highest BCUT2D eigenvalue weighted by Gasteiger charge is 2.24. The fourth-order valence-corrected chi connectivity index (χ4v) is 1.63. The van der Waals surface area contributed by atoms with Gasteiger partial charge in [0.25, 0.3) is 0 Å². The van der Waals surface area contributed by atoms with Crippen LogP contribution in [0.5, 0.6) is 0 Å². The van der Waals surface area contributed by atoms with Crippen molar-refractivity contribution < 1.29 is 14.7 Å². The quantitative estimate of drug-likeness (QED) is 0.664. The second-order valence-electron chi connectivity index (χ2n) is 4.77. The second-order valence-corrected chi connectivity index (χ2v) is 4.77. The summed E-state index contributed by atoms with van der Waals surface area (Å²) in [5.74, 6) is -0.734. The monoisotopic (exact) mass is 228 g/mol. The minimum atomic E-state index is -0.975. The third-order valence-electron chi connectivity index (χ3n) is 2.75. The summed E-state index contributed by atoms with van der Waals surface area (Å²) in [5.41, 5.74) is 0. The zero-order valence-electron chi connectivity index (χ0n) is 9.82. The van der Waals surface area contributed by atoms with E-state index < -0.39 is 12.0 Å². The maximum Gasteiger partial charge on any atom is 0.326 e. The zero-order chi connectivity index (χ0) is 12.1. The molecule has 16 heavy (non-hydrogen) atoms. The molecule has 1 saturated carbocycles. The van der Waals surface area contributed by atoms with E-state index in [-0.39, 0.29) is 18.0 Å². The Hall–Kier alpha value is -1.26. The number of carbonyl (C=O) groups excluding carboxylic acids is 1. The summed E-state index contributed by atoms with van der Waals surface area (Å²) in [6.45, 7) is 3.86. The molecule has 0 spiro atoms. The van der Waals surface area contributed by atoms with E-state index in [4.69, 9.17) is 5.11 Å². The number of hydrogen-bond acceptors (Lipinski definition) is 2. The van der Waals surface area contributed by atoms with Crippen molar-refractivity contribution in [3.63, 3.8) is 0 Å². The Morgan fingerprint density at radius 2 is 2.00 bits per heavy atom. The number of carbonyl (C=O) groups is 2. The van der Waals surface area contributed by atoms with Crippen LogP contribution < -0.4 is 10.6 Å². The van der Waals surface area contributed by atoms with Gasteiger partial charge in [0.15, 0.2) is 0 Å². The van der Waals surface area contributed by atoms with E-state index in [0.29, 0.717) is 6.42 Å². The van der Waals surface area contributed by atoms with Gasteiger partial charge in [0, 0.05) is 6.04 Å². The van der Waals surface area contributed by atoms with Gasteiger partial charge in [-0.2, -0.15) is 0 Å². The predicted molar refractivity (Wildman–Crippen MR) is 60.2 cm³/mol. The smallest absolute Gasteiger partial charge is 0.326 e. The van der Waals surface area contributed by atoms with Crippen molar-refractivity contribution in [2.45, 2.75) is 51.6 Å². The lowest BCUT2D eigenvalue weighted by Crippen LogP contribution is -2.50. The Bertz CT molecular complexity index is 262. The number of carboxylic acid groups (broad SMARTS) is 1. The molecule has 5 heteroatoms. The fraction of sp³-hybridized carbons (Fsp3) is 0.818. The topological polar surface area (TPSA) is 78.4 Å². The van der Waals surface area contributed by atoms with Crippen molar-refractivity contribution in [3.05, 3.63) is 0 Å². The SMILES string of the molecule is CC(C)C[C@@H](NC(=O)NC1CCC1)C(=O)O. The largest absolute Gasteiger partial charge is 0.480 e. The van der Waals surface area contributed by atoms with Gasteiger partial charge in [0.2, 0.25) is 0 Å². The van der Waals surface area contributed by atoms with Crippen molar-refractivity contribution in [1.82, 2.24) is 10.6 Å². The number of carboxylic acids is 1. The van der Waals surface area contributed by atoms with Crippen LogP contribution in [0.3, 0.4) is 0 Å². The van der Waals surface area contributed by atoms with Crippen LogP contribution in [0.2, 0.25) is 0 Å². The molecule has 1 rings (SSSR count). The van der Waals surface area contributed by atoms with Gasteiger partial charge in [0.05, 0.1) is 0 Å². The maximum absolute atomic E-state index is 11.5. The molecule has 0 aromatic carbocycles. The first kappa shape index (κ1) is 12.8. The lowest BCUT2D eigenvalue weighted by Gasteiger charge is -2.27. The third kappa shape index (κ3) is 4.08. The van der Waals surface area contributed by atoms with Crippen LogP contribution in [-0.4, -0.2) is 29.2 Å². The average molecular weight is 228 g/mol. The van der Waals surface area contributed by atoms with Gasteiger partial charge in [-0.15, -0.1) is 0 Å². The van der Waals surface area contributed by atoms with Crippen LogP contribution in [0.1, 0.15) is 39.5 Å². The van der Waals surface area contributed by atoms with Crippen LogP contribution in [0.4, 0.5) is 4.79 Å². The molecule has 0 heterocycles. The first-order valence-corrected chi connectivity index (χ1v) is 5.79. The van der Waals surface area contributed by atoms with E-state index in [9.17, 15) is 9.59 Å². The van der Waals surface area contributed by atoms with Crippen LogP contribution in [0, 0.1) is 5.92 Å². The fourth-order valence-electron chi connectivity index (χ4n) is 1.63. The summed E-state index contributed by atoms with van der Waals surface area (Å²) in [5, 5.41) is 14.2. The number of aliphatic carboxylic acids is 1. The number of urea groups is 1. The maximum atomic E-state index is 11.5. The Morgan fingerprint density at radius 1 is 1.38 bits per heavy atom. The van der Waals surface area contributed by atoms with E-state index in [1.807, 2.05) is 13.8 Å². The number of hydrogen-bond donors (Lipinski definition) is 3. The first-order valence-electron chi connectivity index (χ1n) is 5.79. The van der Waals surface area contributed by atoms with Crippen LogP contribution in [0.15, 0.2) is 0 Å². The Kier molecular flexibility index (Phi) is 4.58. The van der Waals surface area contributed by atoms with Gasteiger partial charge in [-0.25, -0.2) is 9.59 Å². The van der Waals surface area contributed by atoms with Crippen molar-refractivity contribution in [2.24, 2.45) is 5.92 Å². The first-order chi connectivity index (χ1) is 7.49. The molecule has 5 nitrogen and oxygen atoms in total. The molecule has 1 aliphatic rings. The number of amides is 2. The molecule has 0 unspecified atom stereocenters. The van der Waals surface area contributed by atoms with Gasteiger partial charge in [0.1, 0.15) is 6.04 Å². The van der Waals surface area contributed by atoms with Crippen molar-refractivity contribution in [2.75, 3.05) is 0 Å². The predicted octanol–water partition coefficient (Wildman–Crippen LogP) is 1.34. The Morgan fingerprint density at radius 3 is 2.38 bits per heavy atom.